The average Bonchev–Trinajstić information content (AvgIpc) is 2.54. The Bertz CT molecular complexity index is 520. The minimum Gasteiger partial charge on any atom is -0.381 e. The Kier molecular flexibility index (Phi) is 9.66. The molecular formula is C17H29Cl2N3O2. The van der Waals surface area contributed by atoms with Crippen molar-refractivity contribution < 1.29 is 9.53 Å². The van der Waals surface area contributed by atoms with E-state index in [0.717, 1.165) is 11.4 Å². The van der Waals surface area contributed by atoms with Crippen molar-refractivity contribution >= 4 is 42.1 Å². The summed E-state index contributed by atoms with van der Waals surface area (Å²) in [5.41, 5.74) is 7.28. The fraction of sp³-hybridized carbons (Fsp3) is 0.588. The van der Waals surface area contributed by atoms with Gasteiger partial charge in [-0.1, -0.05) is 6.07 Å². The molecular weight excluding hydrogens is 349 g/mol. The van der Waals surface area contributed by atoms with Crippen LogP contribution in [0.5, 0.6) is 0 Å². The normalized spacial score (nSPS) is 15.9. The lowest BCUT2D eigenvalue weighted by atomic mass is 9.79. The predicted octanol–water partition coefficient (Wildman–Crippen LogP) is 3.07. The minimum absolute atomic E-state index is 0. The van der Waals surface area contributed by atoms with Gasteiger partial charge in [0.15, 0.2) is 0 Å². The molecule has 1 aliphatic heterocycles. The highest BCUT2D eigenvalue weighted by atomic mass is 35.5. The van der Waals surface area contributed by atoms with Crippen molar-refractivity contribution in [3.05, 3.63) is 24.3 Å². The van der Waals surface area contributed by atoms with Gasteiger partial charge < -0.3 is 20.7 Å². The molecule has 1 aromatic rings. The van der Waals surface area contributed by atoms with Gasteiger partial charge in [-0.05, 0) is 44.9 Å². The first-order chi connectivity index (χ1) is 10.5. The first kappa shape index (κ1) is 23.0. The molecule has 2 rings (SSSR count). The van der Waals surface area contributed by atoms with E-state index >= 15 is 0 Å². The second kappa shape index (κ2) is 10.1. The smallest absolute Gasteiger partial charge is 0.232 e. The molecule has 3 N–H and O–H groups in total. The fourth-order valence-electron chi connectivity index (χ4n) is 2.65. The number of rotatable bonds is 5. The quantitative estimate of drug-likeness (QED) is 0.827. The zero-order valence-electron chi connectivity index (χ0n) is 14.6. The molecule has 1 saturated heterocycles. The summed E-state index contributed by atoms with van der Waals surface area (Å²) in [4.78, 5) is 14.8. The molecule has 0 spiro atoms. The van der Waals surface area contributed by atoms with Crippen LogP contribution in [-0.4, -0.2) is 38.8 Å². The molecule has 0 saturated carbocycles. The van der Waals surface area contributed by atoms with E-state index in [0.29, 0.717) is 38.6 Å². The number of nitrogens with one attached hydrogen (secondary N) is 1. The molecule has 24 heavy (non-hydrogen) atoms. The topological polar surface area (TPSA) is 67.6 Å². The Balaban J connectivity index is 0.00000264. The Morgan fingerprint density at radius 3 is 2.50 bits per heavy atom. The zero-order chi connectivity index (χ0) is 16.2. The van der Waals surface area contributed by atoms with Crippen LogP contribution >= 0.6 is 24.8 Å². The Morgan fingerprint density at radius 1 is 1.33 bits per heavy atom. The Labute approximate surface area is 157 Å². The number of hydrogen-bond acceptors (Lipinski definition) is 4. The summed E-state index contributed by atoms with van der Waals surface area (Å²) in [5, 5.41) is 3.04. The van der Waals surface area contributed by atoms with Crippen LogP contribution in [0.1, 0.15) is 26.7 Å². The van der Waals surface area contributed by atoms with E-state index in [2.05, 4.69) is 24.1 Å². The van der Waals surface area contributed by atoms with Crippen LogP contribution in [0.3, 0.4) is 0 Å². The molecule has 1 aromatic carbocycles. The van der Waals surface area contributed by atoms with Gasteiger partial charge in [-0.3, -0.25) is 4.79 Å². The maximum atomic E-state index is 12.7. The molecule has 5 nitrogen and oxygen atoms in total. The van der Waals surface area contributed by atoms with Crippen LogP contribution in [0.4, 0.5) is 11.4 Å². The van der Waals surface area contributed by atoms with Crippen LogP contribution in [0.25, 0.3) is 0 Å². The summed E-state index contributed by atoms with van der Waals surface area (Å²) in [7, 11) is 2.05. The lowest BCUT2D eigenvalue weighted by Gasteiger charge is -2.34. The first-order valence-electron chi connectivity index (χ1n) is 7.91. The fourth-order valence-corrected chi connectivity index (χ4v) is 2.65. The van der Waals surface area contributed by atoms with Crippen molar-refractivity contribution in [2.24, 2.45) is 11.1 Å². The van der Waals surface area contributed by atoms with Gasteiger partial charge in [-0.15, -0.1) is 24.8 Å². The predicted molar refractivity (Wildman–Crippen MR) is 105 cm³/mol. The lowest BCUT2D eigenvalue weighted by Crippen LogP contribution is -2.46. The molecule has 1 fully saturated rings. The van der Waals surface area contributed by atoms with Crippen molar-refractivity contribution in [3.8, 4) is 0 Å². The van der Waals surface area contributed by atoms with Gasteiger partial charge in [0.05, 0.1) is 5.41 Å². The molecule has 0 bridgehead atoms. The molecule has 0 unspecified atom stereocenters. The zero-order valence-corrected chi connectivity index (χ0v) is 16.2. The maximum absolute atomic E-state index is 12.7. The number of anilines is 2. The number of ether oxygens (including phenoxy) is 1. The molecule has 1 aliphatic rings. The largest absolute Gasteiger partial charge is 0.381 e. The van der Waals surface area contributed by atoms with Crippen molar-refractivity contribution in [2.75, 3.05) is 37.0 Å². The van der Waals surface area contributed by atoms with E-state index in [1.54, 1.807) is 0 Å². The van der Waals surface area contributed by atoms with Gasteiger partial charge in [0, 0.05) is 44.2 Å². The molecule has 138 valence electrons. The van der Waals surface area contributed by atoms with E-state index < -0.39 is 5.41 Å². The van der Waals surface area contributed by atoms with Crippen LogP contribution in [0.2, 0.25) is 0 Å². The number of nitrogens with zero attached hydrogens (tertiary/aromatic N) is 1. The van der Waals surface area contributed by atoms with Gasteiger partial charge in [0.2, 0.25) is 5.91 Å². The van der Waals surface area contributed by atoms with Gasteiger partial charge >= 0.3 is 0 Å². The first-order valence-corrected chi connectivity index (χ1v) is 7.91. The number of carbonyl (C=O) groups is 1. The molecule has 0 aliphatic carbocycles. The van der Waals surface area contributed by atoms with E-state index in [1.807, 2.05) is 31.3 Å². The van der Waals surface area contributed by atoms with Gasteiger partial charge in [0.25, 0.3) is 0 Å². The highest BCUT2D eigenvalue weighted by Crippen LogP contribution is 2.31. The van der Waals surface area contributed by atoms with E-state index in [4.69, 9.17) is 10.5 Å². The minimum atomic E-state index is -0.502. The maximum Gasteiger partial charge on any atom is 0.232 e. The van der Waals surface area contributed by atoms with Gasteiger partial charge in [0.1, 0.15) is 0 Å². The number of nitrogens with two attached hydrogens (primary N) is 1. The molecule has 1 heterocycles. The third kappa shape index (κ3) is 5.24. The second-order valence-electron chi connectivity index (χ2n) is 6.31. The molecule has 7 heteroatoms. The summed E-state index contributed by atoms with van der Waals surface area (Å²) in [5.74, 6) is 0.00245. The number of hydrogen-bond donors (Lipinski definition) is 2. The van der Waals surface area contributed by atoms with E-state index in [1.165, 1.54) is 0 Å². The van der Waals surface area contributed by atoms with Crippen LogP contribution in [-0.2, 0) is 9.53 Å². The highest BCUT2D eigenvalue weighted by molar-refractivity contribution is 5.96. The average molecular weight is 378 g/mol. The molecule has 0 radical (unpaired) electrons. The van der Waals surface area contributed by atoms with Crippen molar-refractivity contribution in [1.29, 1.82) is 0 Å². The number of amides is 1. The lowest BCUT2D eigenvalue weighted by molar-refractivity contribution is -0.130. The summed E-state index contributed by atoms with van der Waals surface area (Å²) >= 11 is 0. The Morgan fingerprint density at radius 2 is 1.96 bits per heavy atom. The van der Waals surface area contributed by atoms with Crippen LogP contribution in [0.15, 0.2) is 24.3 Å². The number of carbonyl (C=O) groups excluding carboxylic acids is 1. The third-order valence-corrected chi connectivity index (χ3v) is 4.61. The summed E-state index contributed by atoms with van der Waals surface area (Å²) in [6.07, 6.45) is 1.36. The number of halogens is 2. The van der Waals surface area contributed by atoms with Gasteiger partial charge in [-0.25, -0.2) is 0 Å². The number of benzene rings is 1. The molecule has 0 aromatic heterocycles. The van der Waals surface area contributed by atoms with E-state index in [-0.39, 0.29) is 30.7 Å². The van der Waals surface area contributed by atoms with E-state index in [9.17, 15) is 4.79 Å². The monoisotopic (exact) mass is 377 g/mol. The van der Waals surface area contributed by atoms with Crippen molar-refractivity contribution in [3.63, 3.8) is 0 Å². The van der Waals surface area contributed by atoms with Gasteiger partial charge in [-0.2, -0.15) is 0 Å². The SMILES string of the molecule is CC(C)N(C)c1cccc(NC(=O)C2(CN)CCOCC2)c1.Cl.Cl. The summed E-state index contributed by atoms with van der Waals surface area (Å²) in [6, 6.07) is 8.32. The van der Waals surface area contributed by atoms with Crippen LogP contribution < -0.4 is 16.0 Å². The highest BCUT2D eigenvalue weighted by Gasteiger charge is 2.38. The summed E-state index contributed by atoms with van der Waals surface area (Å²) < 4.78 is 5.36. The van der Waals surface area contributed by atoms with Crippen molar-refractivity contribution in [1.82, 2.24) is 0 Å². The molecule has 0 atom stereocenters. The standard InChI is InChI=1S/C17H27N3O2.2ClH/c1-13(2)20(3)15-6-4-5-14(11-15)19-16(21)17(12-18)7-9-22-10-8-17;;/h4-6,11,13H,7-10,12,18H2,1-3H3,(H,19,21);2*1H. The van der Waals surface area contributed by atoms with Crippen LogP contribution in [0, 0.1) is 5.41 Å². The van der Waals surface area contributed by atoms with Crippen molar-refractivity contribution in [2.45, 2.75) is 32.7 Å². The molecule has 1 amide bonds. The third-order valence-electron chi connectivity index (χ3n) is 4.61. The summed E-state index contributed by atoms with van der Waals surface area (Å²) in [6.45, 7) is 5.82. The second-order valence-corrected chi connectivity index (χ2v) is 6.31. The Hall–Kier alpha value is -1.01.